The number of hydrogen-bond donors (Lipinski definition) is 1. The van der Waals surface area contributed by atoms with E-state index in [1.54, 1.807) is 20.8 Å². The smallest absolute Gasteiger partial charge is 0.415 e. The fourth-order valence-electron chi connectivity index (χ4n) is 2.14. The predicted octanol–water partition coefficient (Wildman–Crippen LogP) is 2.58. The van der Waals surface area contributed by atoms with Crippen molar-refractivity contribution in [1.29, 1.82) is 0 Å². The largest absolute Gasteiger partial charge is 0.480 e. The fourth-order valence-corrected chi connectivity index (χ4v) is 2.14. The molecule has 0 radical (unpaired) electrons. The summed E-state index contributed by atoms with van der Waals surface area (Å²) in [6, 6.07) is 2.82. The first-order valence-electron chi connectivity index (χ1n) is 6.22. The number of anilines is 1. The standard InChI is InChI=1S/C14H16FNO4/c1-14(2,3)20-13(19)16-10-7-9(15)5-4-8(10)6-11(16)12(17)18/h4-5,7,11H,6H2,1-3H3,(H,17,18)/t11-/m1/s1. The van der Waals surface area contributed by atoms with Crippen molar-refractivity contribution in [3.63, 3.8) is 0 Å². The van der Waals surface area contributed by atoms with E-state index in [1.165, 1.54) is 12.1 Å². The van der Waals surface area contributed by atoms with Crippen molar-refractivity contribution in [1.82, 2.24) is 0 Å². The van der Waals surface area contributed by atoms with E-state index in [1.807, 2.05) is 0 Å². The number of halogens is 1. The molecule has 1 aromatic rings. The maximum atomic E-state index is 13.3. The molecule has 1 aromatic carbocycles. The van der Waals surface area contributed by atoms with Gasteiger partial charge in [-0.05, 0) is 38.5 Å². The molecule has 0 fully saturated rings. The molecule has 1 aliphatic heterocycles. The number of ether oxygens (including phenoxy) is 1. The van der Waals surface area contributed by atoms with E-state index in [9.17, 15) is 19.1 Å². The van der Waals surface area contributed by atoms with Crippen LogP contribution in [-0.2, 0) is 16.0 Å². The summed E-state index contributed by atoms with van der Waals surface area (Å²) in [5.74, 6) is -1.67. The van der Waals surface area contributed by atoms with Gasteiger partial charge in [-0.3, -0.25) is 4.90 Å². The molecular formula is C14H16FNO4. The van der Waals surface area contributed by atoms with Crippen molar-refractivity contribution in [2.24, 2.45) is 0 Å². The van der Waals surface area contributed by atoms with Crippen molar-refractivity contribution in [3.05, 3.63) is 29.6 Å². The number of benzene rings is 1. The lowest BCUT2D eigenvalue weighted by molar-refractivity contribution is -0.138. The normalized spacial score (nSPS) is 17.8. The highest BCUT2D eigenvalue weighted by atomic mass is 19.1. The number of carbonyl (C=O) groups excluding carboxylic acids is 1. The van der Waals surface area contributed by atoms with Gasteiger partial charge in [0.05, 0.1) is 5.69 Å². The van der Waals surface area contributed by atoms with E-state index in [0.29, 0.717) is 5.56 Å². The van der Waals surface area contributed by atoms with Crippen LogP contribution in [0.4, 0.5) is 14.9 Å². The molecule has 0 aromatic heterocycles. The Bertz CT molecular complexity index is 565. The van der Waals surface area contributed by atoms with Crippen LogP contribution < -0.4 is 4.90 Å². The van der Waals surface area contributed by atoms with E-state index in [-0.39, 0.29) is 12.1 Å². The van der Waals surface area contributed by atoms with Crippen LogP contribution >= 0.6 is 0 Å². The predicted molar refractivity (Wildman–Crippen MR) is 70.2 cm³/mol. The summed E-state index contributed by atoms with van der Waals surface area (Å²) in [6.07, 6.45) is -0.640. The Morgan fingerprint density at radius 3 is 2.60 bits per heavy atom. The van der Waals surface area contributed by atoms with Gasteiger partial charge in [-0.15, -0.1) is 0 Å². The molecule has 1 aliphatic rings. The third-order valence-corrected chi connectivity index (χ3v) is 2.91. The summed E-state index contributed by atoms with van der Waals surface area (Å²) in [7, 11) is 0. The van der Waals surface area contributed by atoms with Crippen LogP contribution in [0.5, 0.6) is 0 Å². The first kappa shape index (κ1) is 14.3. The number of hydrogen-bond acceptors (Lipinski definition) is 3. The van der Waals surface area contributed by atoms with Gasteiger partial charge >= 0.3 is 12.1 Å². The molecule has 6 heteroatoms. The van der Waals surface area contributed by atoms with Gasteiger partial charge < -0.3 is 9.84 Å². The summed E-state index contributed by atoms with van der Waals surface area (Å²) >= 11 is 0. The molecule has 0 spiro atoms. The van der Waals surface area contributed by atoms with Gasteiger partial charge in [0.1, 0.15) is 17.5 Å². The number of aliphatic carboxylic acids is 1. The Morgan fingerprint density at radius 1 is 1.40 bits per heavy atom. The van der Waals surface area contributed by atoms with Gasteiger partial charge in [-0.25, -0.2) is 14.0 Å². The van der Waals surface area contributed by atoms with Crippen molar-refractivity contribution >= 4 is 17.7 Å². The number of carboxylic acids is 1. The molecule has 1 N–H and O–H groups in total. The number of carboxylic acid groups (broad SMARTS) is 1. The van der Waals surface area contributed by atoms with Crippen LogP contribution in [0.15, 0.2) is 18.2 Å². The second-order valence-electron chi connectivity index (χ2n) is 5.68. The Hall–Kier alpha value is -2.11. The zero-order valence-corrected chi connectivity index (χ0v) is 11.5. The Morgan fingerprint density at radius 2 is 2.05 bits per heavy atom. The number of nitrogens with zero attached hydrogens (tertiary/aromatic N) is 1. The highest BCUT2D eigenvalue weighted by Gasteiger charge is 2.40. The van der Waals surface area contributed by atoms with Gasteiger partial charge in [0.15, 0.2) is 0 Å². The van der Waals surface area contributed by atoms with Crippen LogP contribution in [0, 0.1) is 5.82 Å². The van der Waals surface area contributed by atoms with E-state index >= 15 is 0 Å². The summed E-state index contributed by atoms with van der Waals surface area (Å²) in [5.41, 5.74) is 0.118. The lowest BCUT2D eigenvalue weighted by Crippen LogP contribution is -2.45. The van der Waals surface area contributed by atoms with Crippen molar-refractivity contribution < 1.29 is 23.8 Å². The molecule has 0 aliphatic carbocycles. The number of amides is 1. The van der Waals surface area contributed by atoms with Gasteiger partial charge in [-0.1, -0.05) is 6.07 Å². The van der Waals surface area contributed by atoms with Crippen LogP contribution in [0.3, 0.4) is 0 Å². The fraction of sp³-hybridized carbons (Fsp3) is 0.429. The molecule has 2 rings (SSSR count). The van der Waals surface area contributed by atoms with Crippen LogP contribution in [0.2, 0.25) is 0 Å². The quantitative estimate of drug-likeness (QED) is 0.859. The molecule has 0 saturated heterocycles. The highest BCUT2D eigenvalue weighted by Crippen LogP contribution is 2.34. The van der Waals surface area contributed by atoms with E-state index in [2.05, 4.69) is 0 Å². The van der Waals surface area contributed by atoms with E-state index in [4.69, 9.17) is 4.74 Å². The molecule has 1 amide bonds. The first-order chi connectivity index (χ1) is 9.19. The van der Waals surface area contributed by atoms with Gasteiger partial charge in [0.25, 0.3) is 0 Å². The second-order valence-corrected chi connectivity index (χ2v) is 5.68. The molecule has 108 valence electrons. The molecule has 1 atom stereocenters. The van der Waals surface area contributed by atoms with Crippen LogP contribution in [-0.4, -0.2) is 28.8 Å². The summed E-state index contributed by atoms with van der Waals surface area (Å²) in [6.45, 7) is 5.05. The SMILES string of the molecule is CC(C)(C)OC(=O)N1c2cc(F)ccc2C[C@@H]1C(=O)O. The average Bonchev–Trinajstić information content (AvgIpc) is 2.65. The van der Waals surface area contributed by atoms with Gasteiger partial charge in [0.2, 0.25) is 0 Å². The van der Waals surface area contributed by atoms with Crippen molar-refractivity contribution in [2.75, 3.05) is 4.90 Å². The van der Waals surface area contributed by atoms with Gasteiger partial charge in [0, 0.05) is 6.42 Å². The summed E-state index contributed by atoms with van der Waals surface area (Å²) < 4.78 is 18.5. The highest BCUT2D eigenvalue weighted by molar-refractivity contribution is 5.98. The minimum Gasteiger partial charge on any atom is -0.480 e. The Kier molecular flexibility index (Phi) is 3.41. The second kappa shape index (κ2) is 4.77. The molecule has 20 heavy (non-hydrogen) atoms. The third kappa shape index (κ3) is 2.74. The molecule has 0 bridgehead atoms. The van der Waals surface area contributed by atoms with E-state index < -0.39 is 29.5 Å². The summed E-state index contributed by atoms with van der Waals surface area (Å²) in [4.78, 5) is 24.5. The Balaban J connectivity index is 2.39. The Labute approximate surface area is 116 Å². The molecule has 0 unspecified atom stereocenters. The molecule has 0 saturated carbocycles. The van der Waals surface area contributed by atoms with Crippen molar-refractivity contribution in [2.45, 2.75) is 38.8 Å². The lowest BCUT2D eigenvalue weighted by atomic mass is 10.1. The number of fused-ring (bicyclic) bond motifs is 1. The molecular weight excluding hydrogens is 265 g/mol. The average molecular weight is 281 g/mol. The maximum absolute atomic E-state index is 13.3. The number of rotatable bonds is 1. The van der Waals surface area contributed by atoms with Gasteiger partial charge in [-0.2, -0.15) is 0 Å². The topological polar surface area (TPSA) is 66.8 Å². The zero-order chi connectivity index (χ0) is 15.1. The van der Waals surface area contributed by atoms with Crippen LogP contribution in [0.25, 0.3) is 0 Å². The first-order valence-corrected chi connectivity index (χ1v) is 6.22. The van der Waals surface area contributed by atoms with E-state index in [0.717, 1.165) is 11.0 Å². The number of carbonyl (C=O) groups is 2. The van der Waals surface area contributed by atoms with Crippen molar-refractivity contribution in [3.8, 4) is 0 Å². The minimum absolute atomic E-state index is 0.143. The minimum atomic E-state index is -1.15. The molecule has 1 heterocycles. The zero-order valence-electron chi connectivity index (χ0n) is 11.5. The third-order valence-electron chi connectivity index (χ3n) is 2.91. The molecule has 5 nitrogen and oxygen atoms in total. The lowest BCUT2D eigenvalue weighted by Gasteiger charge is -2.27. The monoisotopic (exact) mass is 281 g/mol. The maximum Gasteiger partial charge on any atom is 0.415 e. The summed E-state index contributed by atoms with van der Waals surface area (Å²) in [5, 5.41) is 9.23. The van der Waals surface area contributed by atoms with Crippen LogP contribution in [0.1, 0.15) is 26.3 Å².